The van der Waals surface area contributed by atoms with E-state index in [0.717, 1.165) is 19.4 Å². The summed E-state index contributed by atoms with van der Waals surface area (Å²) < 4.78 is 0. The monoisotopic (exact) mass is 260 g/mol. The first kappa shape index (κ1) is 13.5. The molecule has 1 aromatic rings. The molecule has 16 heavy (non-hydrogen) atoms. The Bertz CT molecular complexity index is 310. The van der Waals surface area contributed by atoms with Gasteiger partial charge in [0, 0.05) is 4.88 Å². The molecule has 2 N–H and O–H groups in total. The van der Waals surface area contributed by atoms with E-state index in [9.17, 15) is 4.79 Å². The van der Waals surface area contributed by atoms with Crippen LogP contribution in [0.5, 0.6) is 0 Å². The first-order chi connectivity index (χ1) is 7.36. The molecule has 0 aromatic carbocycles. The van der Waals surface area contributed by atoms with E-state index in [4.69, 9.17) is 0 Å². The highest BCUT2D eigenvalue weighted by molar-refractivity contribution is 7.09. The first-order valence-electron chi connectivity index (χ1n) is 5.40. The summed E-state index contributed by atoms with van der Waals surface area (Å²) in [4.78, 5) is 12.9. The Morgan fingerprint density at radius 2 is 2.44 bits per heavy atom. The Kier molecular flexibility index (Phi) is 5.80. The lowest BCUT2D eigenvalue weighted by Gasteiger charge is -2.22. The van der Waals surface area contributed by atoms with E-state index in [1.54, 1.807) is 11.3 Å². The Balaban J connectivity index is 0.00000128. The Labute approximate surface area is 106 Å². The number of nitrogens with one attached hydrogen (secondary N) is 2. The molecule has 1 amide bonds. The predicted octanol–water partition coefficient (Wildman–Crippen LogP) is 1.93. The lowest BCUT2D eigenvalue weighted by molar-refractivity contribution is -0.123. The number of carbonyl (C=O) groups excluding carboxylic acids is 1. The van der Waals surface area contributed by atoms with Crippen LogP contribution < -0.4 is 10.6 Å². The highest BCUT2D eigenvalue weighted by Gasteiger charge is 2.19. The zero-order chi connectivity index (χ0) is 10.5. The zero-order valence-electron chi connectivity index (χ0n) is 9.07. The van der Waals surface area contributed by atoms with E-state index in [2.05, 4.69) is 10.6 Å². The molecule has 0 unspecified atom stereocenters. The normalized spacial score (nSPS) is 19.9. The van der Waals surface area contributed by atoms with Gasteiger partial charge in [0.2, 0.25) is 5.91 Å². The highest BCUT2D eigenvalue weighted by Crippen LogP contribution is 2.09. The number of piperidine rings is 1. The van der Waals surface area contributed by atoms with Crippen molar-refractivity contribution in [1.29, 1.82) is 0 Å². The molecule has 0 saturated carbocycles. The van der Waals surface area contributed by atoms with E-state index in [1.165, 1.54) is 11.3 Å². The van der Waals surface area contributed by atoms with Gasteiger partial charge in [0.25, 0.3) is 0 Å². The van der Waals surface area contributed by atoms with Crippen molar-refractivity contribution in [2.75, 3.05) is 6.54 Å². The summed E-state index contributed by atoms with van der Waals surface area (Å²) in [5.74, 6) is 0.142. The molecule has 2 heterocycles. The Morgan fingerprint density at radius 1 is 1.56 bits per heavy atom. The molecule has 1 saturated heterocycles. The number of carbonyl (C=O) groups is 1. The van der Waals surface area contributed by atoms with Crippen LogP contribution in [0.2, 0.25) is 0 Å². The minimum atomic E-state index is 0. The van der Waals surface area contributed by atoms with Crippen molar-refractivity contribution in [2.24, 2.45) is 0 Å². The van der Waals surface area contributed by atoms with E-state index in [-0.39, 0.29) is 24.4 Å². The van der Waals surface area contributed by atoms with Gasteiger partial charge < -0.3 is 10.6 Å². The second-order valence-electron chi connectivity index (χ2n) is 3.80. The average Bonchev–Trinajstić information content (AvgIpc) is 2.80. The molecule has 0 bridgehead atoms. The van der Waals surface area contributed by atoms with Crippen molar-refractivity contribution in [2.45, 2.75) is 31.8 Å². The van der Waals surface area contributed by atoms with Gasteiger partial charge in [0.05, 0.1) is 12.6 Å². The fraction of sp³-hybridized carbons (Fsp3) is 0.545. The lowest BCUT2D eigenvalue weighted by Crippen LogP contribution is -2.46. The molecular formula is C11H17ClN2OS. The highest BCUT2D eigenvalue weighted by atomic mass is 35.5. The Hall–Kier alpha value is -0.580. The number of rotatable bonds is 3. The molecular weight excluding hydrogens is 244 g/mol. The second-order valence-corrected chi connectivity index (χ2v) is 4.83. The minimum absolute atomic E-state index is 0. The third-order valence-corrected chi connectivity index (χ3v) is 3.52. The zero-order valence-corrected chi connectivity index (χ0v) is 10.7. The van der Waals surface area contributed by atoms with Crippen molar-refractivity contribution < 1.29 is 4.79 Å². The van der Waals surface area contributed by atoms with E-state index >= 15 is 0 Å². The van der Waals surface area contributed by atoms with Gasteiger partial charge in [-0.2, -0.15) is 0 Å². The predicted molar refractivity (Wildman–Crippen MR) is 69.1 cm³/mol. The number of hydrogen-bond acceptors (Lipinski definition) is 3. The third-order valence-electron chi connectivity index (χ3n) is 2.64. The molecule has 2 rings (SSSR count). The van der Waals surface area contributed by atoms with Crippen molar-refractivity contribution in [1.82, 2.24) is 10.6 Å². The molecule has 3 nitrogen and oxygen atoms in total. The van der Waals surface area contributed by atoms with Gasteiger partial charge in [-0.25, -0.2) is 0 Å². The topological polar surface area (TPSA) is 41.1 Å². The van der Waals surface area contributed by atoms with Crippen LogP contribution in [0, 0.1) is 0 Å². The summed E-state index contributed by atoms with van der Waals surface area (Å²) in [5.41, 5.74) is 0. The molecule has 90 valence electrons. The first-order valence-corrected chi connectivity index (χ1v) is 6.28. The molecule has 1 fully saturated rings. The van der Waals surface area contributed by atoms with Crippen LogP contribution in [0.25, 0.3) is 0 Å². The molecule has 1 aliphatic heterocycles. The molecule has 0 spiro atoms. The lowest BCUT2D eigenvalue weighted by atomic mass is 10.0. The number of hydrogen-bond donors (Lipinski definition) is 2. The van der Waals surface area contributed by atoms with Crippen molar-refractivity contribution in [3.8, 4) is 0 Å². The van der Waals surface area contributed by atoms with Crippen LogP contribution in [-0.4, -0.2) is 18.5 Å². The van der Waals surface area contributed by atoms with Gasteiger partial charge in [-0.1, -0.05) is 12.5 Å². The van der Waals surface area contributed by atoms with Gasteiger partial charge in [-0.15, -0.1) is 23.7 Å². The fourth-order valence-electron chi connectivity index (χ4n) is 1.79. The summed E-state index contributed by atoms with van der Waals surface area (Å²) in [6, 6.07) is 4.07. The maximum Gasteiger partial charge on any atom is 0.237 e. The summed E-state index contributed by atoms with van der Waals surface area (Å²) >= 11 is 1.68. The van der Waals surface area contributed by atoms with Crippen LogP contribution in [0.15, 0.2) is 17.5 Å². The third kappa shape index (κ3) is 3.77. The van der Waals surface area contributed by atoms with Gasteiger partial charge in [-0.3, -0.25) is 4.79 Å². The molecule has 0 aliphatic carbocycles. The number of halogens is 1. The van der Waals surface area contributed by atoms with Gasteiger partial charge >= 0.3 is 0 Å². The summed E-state index contributed by atoms with van der Waals surface area (Å²) in [5, 5.41) is 8.23. The van der Waals surface area contributed by atoms with Gasteiger partial charge in [-0.05, 0) is 30.8 Å². The standard InChI is InChI=1S/C11H16N2OS.ClH/c14-11(10-5-1-2-6-12-10)13-8-9-4-3-7-15-9;/h3-4,7,10,12H,1-2,5-6,8H2,(H,13,14);1H/t10-;/m0./s1. The molecule has 1 aliphatic rings. The van der Waals surface area contributed by atoms with Crippen LogP contribution in [0.1, 0.15) is 24.1 Å². The molecule has 0 radical (unpaired) electrons. The average molecular weight is 261 g/mol. The SMILES string of the molecule is Cl.O=C(NCc1cccs1)[C@@H]1CCCCN1. The molecule has 5 heteroatoms. The van der Waals surface area contributed by atoms with Gasteiger partial charge in [0.15, 0.2) is 0 Å². The largest absolute Gasteiger partial charge is 0.350 e. The van der Waals surface area contributed by atoms with E-state index in [0.29, 0.717) is 6.54 Å². The molecule has 1 atom stereocenters. The fourth-order valence-corrected chi connectivity index (χ4v) is 2.43. The van der Waals surface area contributed by atoms with Crippen molar-refractivity contribution >= 4 is 29.7 Å². The summed E-state index contributed by atoms with van der Waals surface area (Å²) in [6.07, 6.45) is 3.31. The summed E-state index contributed by atoms with van der Waals surface area (Å²) in [6.45, 7) is 1.63. The maximum absolute atomic E-state index is 11.7. The minimum Gasteiger partial charge on any atom is -0.350 e. The van der Waals surface area contributed by atoms with E-state index in [1.807, 2.05) is 17.5 Å². The number of amides is 1. The van der Waals surface area contributed by atoms with Crippen molar-refractivity contribution in [3.63, 3.8) is 0 Å². The maximum atomic E-state index is 11.7. The van der Waals surface area contributed by atoms with Crippen LogP contribution >= 0.6 is 23.7 Å². The van der Waals surface area contributed by atoms with Crippen LogP contribution in [-0.2, 0) is 11.3 Å². The number of thiophene rings is 1. The van der Waals surface area contributed by atoms with E-state index < -0.39 is 0 Å². The van der Waals surface area contributed by atoms with Gasteiger partial charge in [0.1, 0.15) is 0 Å². The second kappa shape index (κ2) is 6.89. The van der Waals surface area contributed by atoms with Crippen LogP contribution in [0.3, 0.4) is 0 Å². The van der Waals surface area contributed by atoms with Crippen LogP contribution in [0.4, 0.5) is 0 Å². The smallest absolute Gasteiger partial charge is 0.237 e. The summed E-state index contributed by atoms with van der Waals surface area (Å²) in [7, 11) is 0. The quantitative estimate of drug-likeness (QED) is 0.872. The molecule has 1 aromatic heterocycles. The Morgan fingerprint density at radius 3 is 3.06 bits per heavy atom. The van der Waals surface area contributed by atoms with Crippen molar-refractivity contribution in [3.05, 3.63) is 22.4 Å².